The van der Waals surface area contributed by atoms with Crippen molar-refractivity contribution in [3.05, 3.63) is 72.6 Å². The van der Waals surface area contributed by atoms with E-state index in [1.165, 1.54) is 0 Å². The lowest BCUT2D eigenvalue weighted by Gasteiger charge is -2.29. The number of carbonyl (C=O) groups excluding carboxylic acids is 3. The first-order chi connectivity index (χ1) is 22.5. The van der Waals surface area contributed by atoms with Crippen LogP contribution < -0.4 is 21.7 Å². The molecule has 5 rings (SSSR count). The van der Waals surface area contributed by atoms with E-state index in [1.807, 2.05) is 51.1 Å². The van der Waals surface area contributed by atoms with Gasteiger partial charge in [-0.1, -0.05) is 24.3 Å². The Morgan fingerprint density at radius 2 is 1.66 bits per heavy atom. The van der Waals surface area contributed by atoms with Crippen molar-refractivity contribution in [1.29, 1.82) is 0 Å². The molecule has 0 spiro atoms. The number of nitrogens with zero attached hydrogens (tertiary/aromatic N) is 4. The SMILES string of the molecule is CC(C)(C)OC(=O)NCC1CCC(C(=O)N[C@@H](Cc2ccc(-c3cncc(N)c3)cc2)C(=O)Nc2ccc(-c3nn[nH]n3)cc2)CC1. The number of H-pyrrole nitrogens is 1. The second-order valence-corrected chi connectivity index (χ2v) is 12.9. The van der Waals surface area contributed by atoms with Crippen LogP contribution in [0.2, 0.25) is 0 Å². The second kappa shape index (κ2) is 14.8. The van der Waals surface area contributed by atoms with Crippen LogP contribution in [-0.4, -0.2) is 61.7 Å². The zero-order valence-corrected chi connectivity index (χ0v) is 26.8. The zero-order valence-electron chi connectivity index (χ0n) is 26.8. The van der Waals surface area contributed by atoms with Gasteiger partial charge in [-0.15, -0.1) is 10.2 Å². The molecule has 1 saturated carbocycles. The lowest BCUT2D eigenvalue weighted by atomic mass is 9.81. The first-order valence-electron chi connectivity index (χ1n) is 15.7. The van der Waals surface area contributed by atoms with Crippen molar-refractivity contribution >= 4 is 29.3 Å². The molecule has 0 bridgehead atoms. The third kappa shape index (κ3) is 9.58. The number of pyridine rings is 1. The summed E-state index contributed by atoms with van der Waals surface area (Å²) >= 11 is 0. The smallest absolute Gasteiger partial charge is 0.407 e. The van der Waals surface area contributed by atoms with E-state index in [0.29, 0.717) is 43.0 Å². The van der Waals surface area contributed by atoms with Gasteiger partial charge in [0.05, 0.1) is 5.69 Å². The maximum atomic E-state index is 13.6. The van der Waals surface area contributed by atoms with Gasteiger partial charge in [-0.3, -0.25) is 14.6 Å². The summed E-state index contributed by atoms with van der Waals surface area (Å²) in [6.45, 7) is 5.98. The molecule has 3 amide bonds. The van der Waals surface area contributed by atoms with E-state index < -0.39 is 17.7 Å². The molecule has 13 nitrogen and oxygen atoms in total. The van der Waals surface area contributed by atoms with Crippen LogP contribution in [0.3, 0.4) is 0 Å². The molecular weight excluding hydrogens is 598 g/mol. The van der Waals surface area contributed by atoms with Gasteiger partial charge in [-0.2, -0.15) is 5.21 Å². The maximum absolute atomic E-state index is 13.6. The lowest BCUT2D eigenvalue weighted by molar-refractivity contribution is -0.130. The van der Waals surface area contributed by atoms with Crippen LogP contribution in [0, 0.1) is 11.8 Å². The molecule has 1 atom stereocenters. The van der Waals surface area contributed by atoms with E-state index >= 15 is 0 Å². The molecule has 1 aliphatic carbocycles. The minimum atomic E-state index is -0.814. The first kappa shape index (κ1) is 33.0. The monoisotopic (exact) mass is 639 g/mol. The summed E-state index contributed by atoms with van der Waals surface area (Å²) in [6.07, 6.45) is 6.11. The van der Waals surface area contributed by atoms with Crippen LogP contribution in [0.1, 0.15) is 52.0 Å². The normalized spacial score (nSPS) is 16.9. The molecule has 2 aromatic heterocycles. The number of rotatable bonds is 10. The van der Waals surface area contributed by atoms with Crippen molar-refractivity contribution < 1.29 is 19.1 Å². The molecule has 0 radical (unpaired) electrons. The number of nitrogens with two attached hydrogens (primary N) is 1. The Hall–Kier alpha value is -5.33. The zero-order chi connectivity index (χ0) is 33.4. The fourth-order valence-corrected chi connectivity index (χ4v) is 5.57. The van der Waals surface area contributed by atoms with Gasteiger partial charge >= 0.3 is 6.09 Å². The number of nitrogens with one attached hydrogen (secondary N) is 4. The first-order valence-corrected chi connectivity index (χ1v) is 15.7. The van der Waals surface area contributed by atoms with Crippen molar-refractivity contribution in [2.45, 2.75) is 64.5 Å². The molecule has 1 aliphatic rings. The predicted octanol–water partition coefficient (Wildman–Crippen LogP) is 4.51. The number of hydrogen-bond acceptors (Lipinski definition) is 9. The summed E-state index contributed by atoms with van der Waals surface area (Å²) in [4.78, 5) is 43.4. The van der Waals surface area contributed by atoms with Gasteiger partial charge in [0.25, 0.3) is 0 Å². The number of carbonyl (C=O) groups is 3. The topological polar surface area (TPSA) is 190 Å². The third-order valence-electron chi connectivity index (χ3n) is 8.03. The van der Waals surface area contributed by atoms with Gasteiger partial charge in [0.15, 0.2) is 0 Å². The van der Waals surface area contributed by atoms with E-state index in [-0.39, 0.29) is 23.7 Å². The molecule has 13 heteroatoms. The molecule has 0 aliphatic heterocycles. The van der Waals surface area contributed by atoms with E-state index in [9.17, 15) is 14.4 Å². The molecule has 6 N–H and O–H groups in total. The Labute approximate surface area is 273 Å². The predicted molar refractivity (Wildman–Crippen MR) is 178 cm³/mol. The molecule has 2 heterocycles. The second-order valence-electron chi connectivity index (χ2n) is 12.9. The maximum Gasteiger partial charge on any atom is 0.407 e. The Balaban J connectivity index is 1.23. The Morgan fingerprint density at radius 1 is 0.957 bits per heavy atom. The molecule has 47 heavy (non-hydrogen) atoms. The number of ether oxygens (including phenoxy) is 1. The Morgan fingerprint density at radius 3 is 2.30 bits per heavy atom. The molecule has 2 aromatic carbocycles. The minimum Gasteiger partial charge on any atom is -0.444 e. The standard InChI is InChI=1S/C34H41N9O4/c1-34(2,3)47-33(46)37-18-22-6-10-25(11-7-22)31(44)39-29(16-21-4-8-23(9-5-21)26-17-27(35)20-36-19-26)32(45)38-28-14-12-24(13-15-28)30-40-42-43-41-30/h4-5,8-9,12-15,17,19-20,22,25,29H,6-7,10-11,16,18,35H2,1-3H3,(H,37,46)(H,38,45)(H,39,44)(H,40,41,42,43)/t22?,25?,29-/m0/s1. The minimum absolute atomic E-state index is 0.154. The highest BCUT2D eigenvalue weighted by Crippen LogP contribution is 2.29. The van der Waals surface area contributed by atoms with Crippen molar-refractivity contribution in [2.75, 3.05) is 17.6 Å². The number of aromatic nitrogens is 5. The van der Waals surface area contributed by atoms with E-state index in [4.69, 9.17) is 10.5 Å². The van der Waals surface area contributed by atoms with Crippen LogP contribution in [0.25, 0.3) is 22.5 Å². The number of nitrogen functional groups attached to an aromatic ring is 1. The average Bonchev–Trinajstić information content (AvgIpc) is 3.59. The van der Waals surface area contributed by atoms with E-state index in [1.54, 1.807) is 36.7 Å². The fraction of sp³-hybridized carbons (Fsp3) is 0.382. The quantitative estimate of drug-likeness (QED) is 0.166. The third-order valence-corrected chi connectivity index (χ3v) is 8.03. The highest BCUT2D eigenvalue weighted by molar-refractivity contribution is 5.97. The highest BCUT2D eigenvalue weighted by Gasteiger charge is 2.30. The van der Waals surface area contributed by atoms with Crippen LogP contribution in [0.5, 0.6) is 0 Å². The van der Waals surface area contributed by atoms with Crippen molar-refractivity contribution in [1.82, 2.24) is 36.2 Å². The number of benzene rings is 2. The molecular formula is C34H41N9O4. The number of anilines is 2. The number of amides is 3. The van der Waals surface area contributed by atoms with Crippen molar-refractivity contribution in [3.8, 4) is 22.5 Å². The van der Waals surface area contributed by atoms with Gasteiger partial charge in [-0.25, -0.2) is 4.79 Å². The molecule has 4 aromatic rings. The summed E-state index contributed by atoms with van der Waals surface area (Å²) in [6, 6.07) is 15.9. The summed E-state index contributed by atoms with van der Waals surface area (Å²) < 4.78 is 5.33. The summed E-state index contributed by atoms with van der Waals surface area (Å²) in [7, 11) is 0. The van der Waals surface area contributed by atoms with Gasteiger partial charge in [0.1, 0.15) is 11.6 Å². The number of alkyl carbamates (subject to hydrolysis) is 1. The molecule has 0 saturated heterocycles. The van der Waals surface area contributed by atoms with Crippen molar-refractivity contribution in [3.63, 3.8) is 0 Å². The molecule has 0 unspecified atom stereocenters. The van der Waals surface area contributed by atoms with Crippen molar-refractivity contribution in [2.24, 2.45) is 11.8 Å². The number of aromatic amines is 1. The largest absolute Gasteiger partial charge is 0.444 e. The van der Waals surface area contributed by atoms with Gasteiger partial charge < -0.3 is 26.4 Å². The molecule has 1 fully saturated rings. The molecule has 246 valence electrons. The Kier molecular flexibility index (Phi) is 10.4. The highest BCUT2D eigenvalue weighted by atomic mass is 16.6. The van der Waals surface area contributed by atoms with Gasteiger partial charge in [0, 0.05) is 48.1 Å². The Bertz CT molecular complexity index is 1640. The summed E-state index contributed by atoms with van der Waals surface area (Å²) in [5.41, 5.74) is 9.95. The van der Waals surface area contributed by atoms with Crippen LogP contribution in [0.15, 0.2) is 67.0 Å². The van der Waals surface area contributed by atoms with E-state index in [2.05, 4.69) is 41.6 Å². The van der Waals surface area contributed by atoms with Gasteiger partial charge in [0.2, 0.25) is 17.6 Å². The fourth-order valence-electron chi connectivity index (χ4n) is 5.57. The van der Waals surface area contributed by atoms with E-state index in [0.717, 1.165) is 35.1 Å². The summed E-state index contributed by atoms with van der Waals surface area (Å²) in [5.74, 6) is -0.00472. The number of tetrazole rings is 1. The van der Waals surface area contributed by atoms with Crippen LogP contribution in [0.4, 0.5) is 16.2 Å². The van der Waals surface area contributed by atoms with Crippen LogP contribution >= 0.6 is 0 Å². The van der Waals surface area contributed by atoms with Gasteiger partial charge in [-0.05, 0) is 99.0 Å². The lowest BCUT2D eigenvalue weighted by Crippen LogP contribution is -2.48. The van der Waals surface area contributed by atoms with Crippen LogP contribution in [-0.2, 0) is 20.7 Å². The number of hydrogen-bond donors (Lipinski definition) is 5. The summed E-state index contributed by atoms with van der Waals surface area (Å²) in [5, 5.41) is 22.8. The average molecular weight is 640 g/mol.